The minimum Gasteiger partial charge on any atom is -0.505 e. The third-order valence-electron chi connectivity index (χ3n) is 4.07. The Morgan fingerprint density at radius 1 is 1.04 bits per heavy atom. The summed E-state index contributed by atoms with van der Waals surface area (Å²) in [5.74, 6) is -0.450. The van der Waals surface area contributed by atoms with Crippen molar-refractivity contribution in [1.29, 1.82) is 0 Å². The highest BCUT2D eigenvalue weighted by molar-refractivity contribution is 6.33. The summed E-state index contributed by atoms with van der Waals surface area (Å²) in [5.41, 5.74) is 2.03. The zero-order valence-corrected chi connectivity index (χ0v) is 14.6. The molecule has 1 heterocycles. The molecule has 3 rings (SSSR count). The fraction of sp³-hybridized carbons (Fsp3) is 0.200. The molecule has 4 heteroatoms. The van der Waals surface area contributed by atoms with Gasteiger partial charge in [-0.15, -0.1) is 0 Å². The average Bonchev–Trinajstić information content (AvgIpc) is 3.01. The molecule has 124 valence electrons. The Kier molecular flexibility index (Phi) is 4.14. The molecule has 0 saturated heterocycles. The average molecular weight is 344 g/mol. The molecule has 0 aliphatic rings. The Hall–Kier alpha value is -2.26. The molecule has 24 heavy (non-hydrogen) atoms. The van der Waals surface area contributed by atoms with Crippen LogP contribution in [0.1, 0.15) is 26.3 Å². The lowest BCUT2D eigenvalue weighted by molar-refractivity contribution is 0.472. The quantitative estimate of drug-likeness (QED) is 0.612. The van der Waals surface area contributed by atoms with E-state index in [9.17, 15) is 9.50 Å². The van der Waals surface area contributed by atoms with Gasteiger partial charge in [0.1, 0.15) is 11.6 Å². The summed E-state index contributed by atoms with van der Waals surface area (Å²) < 4.78 is 16.2. The number of hydrogen-bond donors (Lipinski definition) is 1. The van der Waals surface area contributed by atoms with Crippen molar-refractivity contribution in [3.8, 4) is 22.6 Å². The van der Waals surface area contributed by atoms with Crippen LogP contribution in [0, 0.1) is 5.82 Å². The van der Waals surface area contributed by atoms with Crippen LogP contribution in [0.5, 0.6) is 5.75 Å². The molecule has 0 unspecified atom stereocenters. The van der Waals surface area contributed by atoms with E-state index in [1.54, 1.807) is 12.1 Å². The van der Waals surface area contributed by atoms with Gasteiger partial charge in [0.25, 0.3) is 0 Å². The van der Waals surface area contributed by atoms with Gasteiger partial charge in [-0.25, -0.2) is 4.39 Å². The molecule has 1 N–H and O–H groups in total. The van der Waals surface area contributed by atoms with E-state index in [0.29, 0.717) is 11.3 Å². The van der Waals surface area contributed by atoms with Gasteiger partial charge >= 0.3 is 0 Å². The molecule has 0 aliphatic carbocycles. The maximum Gasteiger partial charge on any atom is 0.147 e. The van der Waals surface area contributed by atoms with Crippen molar-refractivity contribution in [3.63, 3.8) is 0 Å². The van der Waals surface area contributed by atoms with Crippen molar-refractivity contribution >= 4 is 11.6 Å². The van der Waals surface area contributed by atoms with E-state index >= 15 is 0 Å². The molecule has 1 aromatic heterocycles. The third kappa shape index (κ3) is 2.92. The van der Waals surface area contributed by atoms with Gasteiger partial charge in [-0.05, 0) is 47.4 Å². The number of nitrogens with zero attached hydrogens (tertiary/aromatic N) is 1. The van der Waals surface area contributed by atoms with Crippen molar-refractivity contribution < 1.29 is 9.50 Å². The molecular weight excluding hydrogens is 325 g/mol. The predicted octanol–water partition coefficient (Wildman–Crippen LogP) is 5.94. The summed E-state index contributed by atoms with van der Waals surface area (Å²) in [4.78, 5) is 0. The van der Waals surface area contributed by atoms with Crippen molar-refractivity contribution in [2.75, 3.05) is 0 Å². The van der Waals surface area contributed by atoms with Crippen molar-refractivity contribution in [2.45, 2.75) is 26.2 Å². The number of aromatic nitrogens is 1. The van der Waals surface area contributed by atoms with Crippen LogP contribution in [0.3, 0.4) is 0 Å². The van der Waals surface area contributed by atoms with Crippen LogP contribution in [0.2, 0.25) is 5.02 Å². The molecule has 2 nitrogen and oxygen atoms in total. The molecule has 0 bridgehead atoms. The summed E-state index contributed by atoms with van der Waals surface area (Å²) >= 11 is 6.22. The van der Waals surface area contributed by atoms with Crippen molar-refractivity contribution in [1.82, 2.24) is 4.57 Å². The van der Waals surface area contributed by atoms with E-state index in [1.165, 1.54) is 6.07 Å². The van der Waals surface area contributed by atoms with Gasteiger partial charge in [0.2, 0.25) is 0 Å². The molecule has 0 atom stereocenters. The maximum absolute atomic E-state index is 14.4. The Labute approximate surface area is 146 Å². The van der Waals surface area contributed by atoms with Crippen LogP contribution in [-0.2, 0) is 5.41 Å². The van der Waals surface area contributed by atoms with Gasteiger partial charge in [-0.2, -0.15) is 0 Å². The van der Waals surface area contributed by atoms with Crippen molar-refractivity contribution in [3.05, 3.63) is 71.3 Å². The largest absolute Gasteiger partial charge is 0.505 e. The second-order valence-corrected chi connectivity index (χ2v) is 7.24. The van der Waals surface area contributed by atoms with E-state index in [4.69, 9.17) is 11.6 Å². The van der Waals surface area contributed by atoms with Crippen LogP contribution in [0.15, 0.2) is 54.9 Å². The molecule has 0 amide bonds. The van der Waals surface area contributed by atoms with Crippen LogP contribution in [-0.4, -0.2) is 9.67 Å². The van der Waals surface area contributed by atoms with Crippen molar-refractivity contribution in [2.24, 2.45) is 0 Å². The first kappa shape index (κ1) is 16.6. The first-order valence-corrected chi connectivity index (χ1v) is 8.12. The van der Waals surface area contributed by atoms with E-state index < -0.39 is 5.82 Å². The lowest BCUT2D eigenvalue weighted by Crippen LogP contribution is -2.12. The normalized spacial score (nSPS) is 11.7. The number of benzene rings is 2. The van der Waals surface area contributed by atoms with Gasteiger partial charge in [0.15, 0.2) is 0 Å². The fourth-order valence-electron chi connectivity index (χ4n) is 2.69. The van der Waals surface area contributed by atoms with E-state index in [1.807, 2.05) is 41.2 Å². The zero-order valence-electron chi connectivity index (χ0n) is 13.8. The molecule has 0 spiro atoms. The Morgan fingerprint density at radius 3 is 2.29 bits per heavy atom. The van der Waals surface area contributed by atoms with Crippen LogP contribution in [0.4, 0.5) is 4.39 Å². The number of halogens is 2. The van der Waals surface area contributed by atoms with Gasteiger partial charge < -0.3 is 9.67 Å². The van der Waals surface area contributed by atoms with Gasteiger partial charge in [-0.1, -0.05) is 38.4 Å². The number of hydrogen-bond acceptors (Lipinski definition) is 1. The lowest BCUT2D eigenvalue weighted by atomic mass is 9.84. The summed E-state index contributed by atoms with van der Waals surface area (Å²) in [6, 6.07) is 12.0. The summed E-state index contributed by atoms with van der Waals surface area (Å²) in [7, 11) is 0. The zero-order chi connectivity index (χ0) is 17.5. The highest BCUT2D eigenvalue weighted by Gasteiger charge is 2.22. The van der Waals surface area contributed by atoms with E-state index in [-0.39, 0.29) is 21.8 Å². The highest BCUT2D eigenvalue weighted by atomic mass is 35.5. The number of aromatic hydroxyl groups is 1. The molecule has 3 aromatic rings. The lowest BCUT2D eigenvalue weighted by Gasteiger charge is -2.23. The monoisotopic (exact) mass is 343 g/mol. The van der Waals surface area contributed by atoms with E-state index in [0.717, 1.165) is 5.56 Å². The fourth-order valence-corrected chi connectivity index (χ4v) is 2.95. The highest BCUT2D eigenvalue weighted by Crippen LogP contribution is 2.42. The molecular formula is C20H19ClFNO. The predicted molar refractivity (Wildman–Crippen MR) is 96.5 cm³/mol. The first-order valence-electron chi connectivity index (χ1n) is 7.74. The van der Waals surface area contributed by atoms with Gasteiger partial charge in [0.05, 0.1) is 10.7 Å². The maximum atomic E-state index is 14.4. The topological polar surface area (TPSA) is 25.2 Å². The van der Waals surface area contributed by atoms with Crippen LogP contribution >= 0.6 is 11.6 Å². The minimum atomic E-state index is -0.456. The minimum absolute atomic E-state index is 0.00574. The van der Waals surface area contributed by atoms with Gasteiger partial charge in [0, 0.05) is 23.5 Å². The molecule has 0 aliphatic heterocycles. The standard InChI is InChI=1S/C20H19ClFNO/c1-20(2,3)13-11-14(18-15(21)7-6-8-16(18)22)19(24)17(12-13)23-9-4-5-10-23/h4-12,24H,1-3H3. The second-order valence-electron chi connectivity index (χ2n) is 6.83. The van der Waals surface area contributed by atoms with Crippen LogP contribution < -0.4 is 0 Å². The Balaban J connectivity index is 2.36. The number of phenols is 1. The Bertz CT molecular complexity index is 859. The smallest absolute Gasteiger partial charge is 0.147 e. The second kappa shape index (κ2) is 5.99. The summed E-state index contributed by atoms with van der Waals surface area (Å²) in [5, 5.41) is 11.1. The van der Waals surface area contributed by atoms with Crippen LogP contribution in [0.25, 0.3) is 16.8 Å². The SMILES string of the molecule is CC(C)(C)c1cc(-c2c(F)cccc2Cl)c(O)c(-n2cccc2)c1. The number of rotatable bonds is 2. The number of phenolic OH excluding ortho intramolecular Hbond substituents is 1. The molecule has 0 saturated carbocycles. The Morgan fingerprint density at radius 2 is 1.71 bits per heavy atom. The molecule has 0 fully saturated rings. The first-order chi connectivity index (χ1) is 11.3. The molecule has 2 aromatic carbocycles. The molecule has 0 radical (unpaired) electrons. The van der Waals surface area contributed by atoms with E-state index in [2.05, 4.69) is 20.8 Å². The van der Waals surface area contributed by atoms with Gasteiger partial charge in [-0.3, -0.25) is 0 Å². The summed E-state index contributed by atoms with van der Waals surface area (Å²) in [6.45, 7) is 6.22. The third-order valence-corrected chi connectivity index (χ3v) is 4.39. The summed E-state index contributed by atoms with van der Waals surface area (Å²) in [6.07, 6.45) is 3.68.